The van der Waals surface area contributed by atoms with Gasteiger partial charge in [0.1, 0.15) is 11.6 Å². The molecule has 0 bridgehead atoms. The molecule has 0 unspecified atom stereocenters. The van der Waals surface area contributed by atoms with Crippen molar-refractivity contribution in [3.05, 3.63) is 70.5 Å². The number of hydrogen-bond acceptors (Lipinski definition) is 7. The first-order valence-corrected chi connectivity index (χ1v) is 13.5. The van der Waals surface area contributed by atoms with Crippen LogP contribution in [-0.4, -0.2) is 46.7 Å². The topological polar surface area (TPSA) is 166 Å². The van der Waals surface area contributed by atoms with Gasteiger partial charge in [0, 0.05) is 24.2 Å². The fourth-order valence-electron chi connectivity index (χ4n) is 3.92. The number of carboxylic acid groups (broad SMARTS) is 1. The Kier molecular flexibility index (Phi) is 9.10. The van der Waals surface area contributed by atoms with Crippen LogP contribution in [0.25, 0.3) is 22.0 Å². The van der Waals surface area contributed by atoms with Gasteiger partial charge in [0.05, 0.1) is 45.8 Å². The van der Waals surface area contributed by atoms with Crippen LogP contribution < -0.4 is 16.2 Å². The van der Waals surface area contributed by atoms with Crippen molar-refractivity contribution in [1.29, 1.82) is 0 Å². The van der Waals surface area contributed by atoms with Crippen LogP contribution >= 0.6 is 11.6 Å². The Bertz CT molecular complexity index is 1710. The lowest BCUT2D eigenvalue weighted by atomic mass is 9.94. The quantitative estimate of drug-likeness (QED) is 0.230. The van der Waals surface area contributed by atoms with Crippen LogP contribution in [0.3, 0.4) is 0 Å². The van der Waals surface area contributed by atoms with Gasteiger partial charge in [0.2, 0.25) is 10.0 Å². The average Bonchev–Trinajstić information content (AvgIpc) is 3.13. The summed E-state index contributed by atoms with van der Waals surface area (Å²) in [4.78, 5) is 13.3. The molecule has 2 aromatic heterocycles. The number of aryl methyl sites for hydroxylation is 1. The standard InChI is InChI=1S/C22H21ClF2N6O2S.C2HF3O2/c1-31-21-15(3-4-17(23)19(21)22(29-31)30-34(2,32)33)16-9-14(26)10-28-20(16)18(27)7-11-5-12(24)8-13(25)6-11;3-2(4,5)1(6)7/h3-6,8-10,18H,7,26-27H2,1-2H3,(H,29,30);(H,6,7)/t18-;/m0./s1. The van der Waals surface area contributed by atoms with Crippen molar-refractivity contribution in [1.82, 2.24) is 14.8 Å². The summed E-state index contributed by atoms with van der Waals surface area (Å²) in [5, 5.41) is 12.1. The maximum atomic E-state index is 13.7. The summed E-state index contributed by atoms with van der Waals surface area (Å²) < 4.78 is 86.6. The minimum absolute atomic E-state index is 0.0739. The van der Waals surface area contributed by atoms with E-state index in [9.17, 15) is 30.4 Å². The first-order valence-electron chi connectivity index (χ1n) is 11.3. The van der Waals surface area contributed by atoms with Crippen molar-refractivity contribution >= 4 is 50.0 Å². The van der Waals surface area contributed by atoms with Gasteiger partial charge in [-0.15, -0.1) is 0 Å². The second-order valence-electron chi connectivity index (χ2n) is 8.76. The molecule has 2 aromatic carbocycles. The van der Waals surface area contributed by atoms with E-state index in [1.807, 2.05) is 0 Å². The monoisotopic (exact) mass is 620 g/mol. The maximum absolute atomic E-state index is 13.7. The zero-order valence-corrected chi connectivity index (χ0v) is 22.7. The molecular weight excluding hydrogens is 599 g/mol. The lowest BCUT2D eigenvalue weighted by molar-refractivity contribution is -0.192. The van der Waals surface area contributed by atoms with Crippen molar-refractivity contribution in [3.8, 4) is 11.1 Å². The largest absolute Gasteiger partial charge is 0.490 e. The van der Waals surface area contributed by atoms with Gasteiger partial charge >= 0.3 is 12.1 Å². The van der Waals surface area contributed by atoms with Crippen LogP contribution in [0.1, 0.15) is 17.3 Å². The zero-order chi connectivity index (χ0) is 30.9. The van der Waals surface area contributed by atoms with Crippen molar-refractivity contribution in [2.75, 3.05) is 16.7 Å². The molecule has 0 aliphatic carbocycles. The highest BCUT2D eigenvalue weighted by Gasteiger charge is 2.38. The third-order valence-electron chi connectivity index (χ3n) is 5.42. The molecule has 4 aromatic rings. The van der Waals surface area contributed by atoms with Crippen molar-refractivity contribution < 1.29 is 40.3 Å². The normalized spacial score (nSPS) is 12.5. The predicted molar refractivity (Wildman–Crippen MR) is 143 cm³/mol. The van der Waals surface area contributed by atoms with E-state index in [1.165, 1.54) is 23.0 Å². The lowest BCUT2D eigenvalue weighted by Crippen LogP contribution is -2.21. The Balaban J connectivity index is 0.000000587. The number of alkyl halides is 3. The van der Waals surface area contributed by atoms with Crippen molar-refractivity contribution in [2.24, 2.45) is 12.8 Å². The minimum Gasteiger partial charge on any atom is -0.475 e. The van der Waals surface area contributed by atoms with Crippen LogP contribution in [0.2, 0.25) is 5.02 Å². The molecule has 0 amide bonds. The highest BCUT2D eigenvalue weighted by atomic mass is 35.5. The second kappa shape index (κ2) is 11.8. The van der Waals surface area contributed by atoms with E-state index >= 15 is 0 Å². The molecule has 0 aliphatic heterocycles. The Morgan fingerprint density at radius 1 is 1.15 bits per heavy atom. The number of aromatic nitrogens is 3. The van der Waals surface area contributed by atoms with Crippen LogP contribution in [0.4, 0.5) is 33.5 Å². The third-order valence-corrected chi connectivity index (χ3v) is 6.30. The molecule has 0 fully saturated rings. The van der Waals surface area contributed by atoms with E-state index in [1.54, 1.807) is 25.2 Å². The molecule has 41 heavy (non-hydrogen) atoms. The number of nitrogen functional groups attached to an aromatic ring is 1. The van der Waals surface area contributed by atoms with Gasteiger partial charge in [0.25, 0.3) is 0 Å². The molecule has 220 valence electrons. The number of halogens is 6. The Morgan fingerprint density at radius 2 is 1.73 bits per heavy atom. The summed E-state index contributed by atoms with van der Waals surface area (Å²) in [6, 6.07) is 7.49. The molecule has 10 nitrogen and oxygen atoms in total. The summed E-state index contributed by atoms with van der Waals surface area (Å²) in [5.41, 5.74) is 15.3. The van der Waals surface area contributed by atoms with Gasteiger partial charge in [-0.3, -0.25) is 14.4 Å². The number of aliphatic carboxylic acids is 1. The number of sulfonamides is 1. The summed E-state index contributed by atoms with van der Waals surface area (Å²) in [6.45, 7) is 0. The molecule has 2 heterocycles. The molecule has 0 saturated heterocycles. The summed E-state index contributed by atoms with van der Waals surface area (Å²) in [7, 11) is -1.97. The van der Waals surface area contributed by atoms with Gasteiger partial charge in [-0.25, -0.2) is 22.0 Å². The number of nitrogens with one attached hydrogen (secondary N) is 1. The number of rotatable bonds is 6. The molecule has 4 rings (SSSR count). The molecule has 0 radical (unpaired) electrons. The van der Waals surface area contributed by atoms with E-state index in [0.717, 1.165) is 12.3 Å². The number of pyridine rings is 1. The number of benzene rings is 2. The summed E-state index contributed by atoms with van der Waals surface area (Å²) in [5.74, 6) is -4.09. The minimum atomic E-state index is -5.08. The first-order chi connectivity index (χ1) is 18.9. The van der Waals surface area contributed by atoms with Gasteiger partial charge in [-0.2, -0.15) is 18.3 Å². The fourth-order valence-corrected chi connectivity index (χ4v) is 4.66. The highest BCUT2D eigenvalue weighted by molar-refractivity contribution is 7.92. The lowest BCUT2D eigenvalue weighted by Gasteiger charge is -2.18. The van der Waals surface area contributed by atoms with E-state index in [0.29, 0.717) is 39.0 Å². The molecule has 0 spiro atoms. The SMILES string of the molecule is Cn1nc(NS(C)(=O)=O)c2c(Cl)ccc(-c3cc(N)cnc3[C@@H](N)Cc3cc(F)cc(F)c3)c21.O=C(O)C(F)(F)F. The molecule has 0 saturated carbocycles. The third kappa shape index (κ3) is 7.80. The number of hydrogen-bond donors (Lipinski definition) is 4. The predicted octanol–water partition coefficient (Wildman–Crippen LogP) is 4.40. The molecule has 0 aliphatic rings. The van der Waals surface area contributed by atoms with Crippen LogP contribution in [0.5, 0.6) is 0 Å². The summed E-state index contributed by atoms with van der Waals surface area (Å²) >= 11 is 6.41. The van der Waals surface area contributed by atoms with Gasteiger partial charge in [-0.05, 0) is 36.2 Å². The number of anilines is 2. The van der Waals surface area contributed by atoms with Gasteiger partial charge in [-0.1, -0.05) is 17.7 Å². The summed E-state index contributed by atoms with van der Waals surface area (Å²) in [6.07, 6.45) is -2.51. The van der Waals surface area contributed by atoms with Crippen LogP contribution in [0.15, 0.2) is 42.6 Å². The molecule has 17 heteroatoms. The Labute approximate surface area is 234 Å². The Hall–Kier alpha value is -4.02. The van der Waals surface area contributed by atoms with Gasteiger partial charge in [0.15, 0.2) is 5.82 Å². The number of nitrogens with zero attached hydrogens (tertiary/aromatic N) is 3. The van der Waals surface area contributed by atoms with E-state index in [2.05, 4.69) is 14.8 Å². The number of nitrogens with two attached hydrogens (primary N) is 2. The zero-order valence-electron chi connectivity index (χ0n) is 21.2. The average molecular weight is 621 g/mol. The fraction of sp³-hybridized carbons (Fsp3) is 0.208. The molecular formula is C24H22ClF5N6O4S. The van der Waals surface area contributed by atoms with Crippen LogP contribution in [-0.2, 0) is 28.3 Å². The number of fused-ring (bicyclic) bond motifs is 1. The highest BCUT2D eigenvalue weighted by Crippen LogP contribution is 2.39. The maximum Gasteiger partial charge on any atom is 0.490 e. The Morgan fingerprint density at radius 3 is 2.27 bits per heavy atom. The van der Waals surface area contributed by atoms with E-state index in [4.69, 9.17) is 33.0 Å². The number of carbonyl (C=O) groups is 1. The van der Waals surface area contributed by atoms with E-state index in [-0.39, 0.29) is 17.3 Å². The number of carboxylic acids is 1. The van der Waals surface area contributed by atoms with Crippen molar-refractivity contribution in [2.45, 2.75) is 18.6 Å². The first kappa shape index (κ1) is 31.5. The molecule has 1 atom stereocenters. The second-order valence-corrected chi connectivity index (χ2v) is 10.9. The van der Waals surface area contributed by atoms with E-state index < -0.39 is 39.8 Å². The van der Waals surface area contributed by atoms with Crippen molar-refractivity contribution in [3.63, 3.8) is 0 Å². The molecule has 6 N–H and O–H groups in total. The van der Waals surface area contributed by atoms with Gasteiger partial charge < -0.3 is 16.6 Å². The smallest absolute Gasteiger partial charge is 0.475 e. The van der Waals surface area contributed by atoms with Crippen LogP contribution in [0, 0.1) is 11.6 Å².